The number of phenolic OH excluding ortho intramolecular Hbond substituents is 2. The van der Waals surface area contributed by atoms with E-state index < -0.39 is 5.41 Å². The molecule has 3 N–H and O–H groups in total. The largest absolute Gasteiger partial charge is 0.508 e. The summed E-state index contributed by atoms with van der Waals surface area (Å²) in [6, 6.07) is 14.0. The molecule has 0 atom stereocenters. The summed E-state index contributed by atoms with van der Waals surface area (Å²) in [7, 11) is 0. The molecule has 110 valence electrons. The smallest absolute Gasteiger partial charge is 0.115 e. The fraction of sp³-hybridized carbons (Fsp3) is 0.235. The van der Waals surface area contributed by atoms with Gasteiger partial charge in [-0.05, 0) is 42.3 Å². The third-order valence-corrected chi connectivity index (χ3v) is 3.63. The van der Waals surface area contributed by atoms with Crippen molar-refractivity contribution in [2.75, 3.05) is 13.2 Å². The Bertz CT molecular complexity index is 557. The second-order valence-electron chi connectivity index (χ2n) is 5.13. The van der Waals surface area contributed by atoms with Gasteiger partial charge in [0.05, 0.1) is 13.2 Å². The van der Waals surface area contributed by atoms with Crippen LogP contribution in [-0.2, 0) is 5.41 Å². The zero-order chi connectivity index (χ0) is 15.3. The topological polar surface area (TPSA) is 73.1 Å². The highest BCUT2D eigenvalue weighted by atomic mass is 16.3. The number of hydrogen-bond acceptors (Lipinski definition) is 4. The van der Waals surface area contributed by atoms with Crippen molar-refractivity contribution in [1.82, 2.24) is 0 Å². The van der Waals surface area contributed by atoms with Gasteiger partial charge in [0.15, 0.2) is 0 Å². The van der Waals surface area contributed by atoms with E-state index in [2.05, 4.69) is 4.99 Å². The van der Waals surface area contributed by atoms with E-state index in [1.54, 1.807) is 24.3 Å². The van der Waals surface area contributed by atoms with Gasteiger partial charge in [-0.3, -0.25) is 4.99 Å². The number of phenols is 2. The van der Waals surface area contributed by atoms with Crippen LogP contribution in [0.3, 0.4) is 0 Å². The lowest BCUT2D eigenvalue weighted by atomic mass is 9.76. The Hall–Kier alpha value is -2.33. The Morgan fingerprint density at radius 3 is 1.71 bits per heavy atom. The molecule has 0 unspecified atom stereocenters. The second kappa shape index (κ2) is 6.41. The van der Waals surface area contributed by atoms with E-state index in [0.29, 0.717) is 6.54 Å². The number of aliphatic hydroxyl groups excluding tert-OH is 1. The monoisotopic (exact) mass is 285 g/mol. The van der Waals surface area contributed by atoms with Crippen molar-refractivity contribution in [2.45, 2.75) is 12.3 Å². The molecule has 0 saturated carbocycles. The highest BCUT2D eigenvalue weighted by Gasteiger charge is 2.28. The van der Waals surface area contributed by atoms with Gasteiger partial charge < -0.3 is 15.3 Å². The molecule has 0 aromatic heterocycles. The molecule has 0 aliphatic carbocycles. The van der Waals surface area contributed by atoms with Crippen LogP contribution in [0.4, 0.5) is 0 Å². The van der Waals surface area contributed by atoms with E-state index in [4.69, 9.17) is 5.11 Å². The highest BCUT2D eigenvalue weighted by Crippen LogP contribution is 2.34. The lowest BCUT2D eigenvalue weighted by molar-refractivity contribution is 0.361. The Morgan fingerprint density at radius 2 is 1.33 bits per heavy atom. The molecule has 4 nitrogen and oxygen atoms in total. The molecule has 0 amide bonds. The van der Waals surface area contributed by atoms with Crippen LogP contribution in [0.25, 0.3) is 0 Å². The highest BCUT2D eigenvalue weighted by molar-refractivity contribution is 5.58. The van der Waals surface area contributed by atoms with Gasteiger partial charge in [0.25, 0.3) is 0 Å². The summed E-state index contributed by atoms with van der Waals surface area (Å²) >= 11 is 0. The van der Waals surface area contributed by atoms with E-state index in [1.165, 1.54) is 6.21 Å². The van der Waals surface area contributed by atoms with Gasteiger partial charge >= 0.3 is 0 Å². The van der Waals surface area contributed by atoms with Crippen molar-refractivity contribution in [3.05, 3.63) is 59.7 Å². The van der Waals surface area contributed by atoms with Gasteiger partial charge in [-0.15, -0.1) is 0 Å². The van der Waals surface area contributed by atoms with Crippen LogP contribution in [0.15, 0.2) is 53.5 Å². The maximum atomic E-state index is 9.45. The fourth-order valence-electron chi connectivity index (χ4n) is 2.31. The summed E-state index contributed by atoms with van der Waals surface area (Å²) in [5.41, 5.74) is 1.59. The summed E-state index contributed by atoms with van der Waals surface area (Å²) in [4.78, 5) is 4.26. The van der Waals surface area contributed by atoms with E-state index in [0.717, 1.165) is 11.1 Å². The zero-order valence-corrected chi connectivity index (χ0v) is 11.9. The first-order valence-electron chi connectivity index (χ1n) is 6.74. The quantitative estimate of drug-likeness (QED) is 0.739. The lowest BCUT2D eigenvalue weighted by Gasteiger charge is -2.29. The van der Waals surface area contributed by atoms with Crippen molar-refractivity contribution >= 4 is 6.21 Å². The van der Waals surface area contributed by atoms with Crippen molar-refractivity contribution in [1.29, 1.82) is 0 Å². The summed E-state index contributed by atoms with van der Waals surface area (Å²) in [6.07, 6.45) is 1.47. The Balaban J connectivity index is 2.45. The zero-order valence-electron chi connectivity index (χ0n) is 11.9. The molecular weight excluding hydrogens is 266 g/mol. The van der Waals surface area contributed by atoms with Crippen LogP contribution in [0.5, 0.6) is 11.5 Å². The van der Waals surface area contributed by atoms with Crippen LogP contribution in [-0.4, -0.2) is 34.7 Å². The minimum atomic E-state index is -0.410. The third kappa shape index (κ3) is 3.41. The molecule has 0 bridgehead atoms. The van der Waals surface area contributed by atoms with E-state index in [9.17, 15) is 10.2 Å². The minimum absolute atomic E-state index is 0.0960. The fourth-order valence-corrected chi connectivity index (χ4v) is 2.31. The van der Waals surface area contributed by atoms with Gasteiger partial charge in [0.1, 0.15) is 11.5 Å². The first-order chi connectivity index (χ1) is 10.1. The van der Waals surface area contributed by atoms with Gasteiger partial charge in [-0.2, -0.15) is 0 Å². The number of aliphatic imine (C=N–C) groups is 1. The molecule has 0 fully saturated rings. The standard InChI is InChI=1S/C17H19NO3/c1-17(12-18-10-11-19,13-2-6-15(20)7-3-13)14-4-8-16(21)9-5-14/h2-10,19-21H,11-12H2,1H3. The number of nitrogens with zero attached hydrogens (tertiary/aromatic N) is 1. The number of aromatic hydroxyl groups is 2. The number of hydrogen-bond donors (Lipinski definition) is 3. The second-order valence-corrected chi connectivity index (χ2v) is 5.13. The molecule has 0 spiro atoms. The first-order valence-corrected chi connectivity index (χ1v) is 6.74. The molecule has 2 rings (SSSR count). The normalized spacial score (nSPS) is 11.9. The first kappa shape index (κ1) is 15.1. The van der Waals surface area contributed by atoms with Gasteiger partial charge in [0, 0.05) is 11.6 Å². The molecule has 0 heterocycles. The molecule has 0 saturated heterocycles. The van der Waals surface area contributed by atoms with Gasteiger partial charge in [0.2, 0.25) is 0 Å². The maximum Gasteiger partial charge on any atom is 0.115 e. The molecule has 0 radical (unpaired) electrons. The maximum absolute atomic E-state index is 9.45. The molecule has 21 heavy (non-hydrogen) atoms. The van der Waals surface area contributed by atoms with Crippen LogP contribution in [0, 0.1) is 0 Å². The van der Waals surface area contributed by atoms with E-state index in [-0.39, 0.29) is 18.1 Å². The van der Waals surface area contributed by atoms with Crippen LogP contribution >= 0.6 is 0 Å². The average molecular weight is 285 g/mol. The summed E-state index contributed by atoms with van der Waals surface area (Å²) in [6.45, 7) is 2.41. The number of benzene rings is 2. The minimum Gasteiger partial charge on any atom is -0.508 e. The molecule has 0 aliphatic rings. The summed E-state index contributed by atoms with van der Waals surface area (Å²) in [5, 5.41) is 27.8. The van der Waals surface area contributed by atoms with Crippen LogP contribution in [0.1, 0.15) is 18.1 Å². The molecule has 2 aromatic rings. The number of rotatable bonds is 5. The third-order valence-electron chi connectivity index (χ3n) is 3.63. The predicted molar refractivity (Wildman–Crippen MR) is 83.1 cm³/mol. The van der Waals surface area contributed by atoms with Crippen molar-refractivity contribution < 1.29 is 15.3 Å². The predicted octanol–water partition coefficient (Wildman–Crippen LogP) is 2.47. The Kier molecular flexibility index (Phi) is 4.60. The Morgan fingerprint density at radius 1 is 0.905 bits per heavy atom. The van der Waals surface area contributed by atoms with Crippen LogP contribution < -0.4 is 0 Å². The molecule has 4 heteroatoms. The van der Waals surface area contributed by atoms with E-state index in [1.807, 2.05) is 31.2 Å². The molecular formula is C17H19NO3. The van der Waals surface area contributed by atoms with Crippen molar-refractivity contribution in [3.8, 4) is 11.5 Å². The molecule has 2 aromatic carbocycles. The van der Waals surface area contributed by atoms with Crippen molar-refractivity contribution in [2.24, 2.45) is 4.99 Å². The summed E-state index contributed by atoms with van der Waals surface area (Å²) < 4.78 is 0. The average Bonchev–Trinajstić information content (AvgIpc) is 2.48. The SMILES string of the molecule is CC(CN=CCO)(c1ccc(O)cc1)c1ccc(O)cc1. The Labute approximate surface area is 124 Å². The summed E-state index contributed by atoms with van der Waals surface area (Å²) in [5.74, 6) is 0.427. The van der Waals surface area contributed by atoms with Gasteiger partial charge in [-0.25, -0.2) is 0 Å². The van der Waals surface area contributed by atoms with Crippen molar-refractivity contribution in [3.63, 3.8) is 0 Å². The van der Waals surface area contributed by atoms with Gasteiger partial charge in [-0.1, -0.05) is 24.3 Å². The van der Waals surface area contributed by atoms with E-state index >= 15 is 0 Å². The number of aliphatic hydroxyl groups is 1. The van der Waals surface area contributed by atoms with Crippen LogP contribution in [0.2, 0.25) is 0 Å². The molecule has 0 aliphatic heterocycles. The lowest BCUT2D eigenvalue weighted by Crippen LogP contribution is -2.27.